The zero-order valence-electron chi connectivity index (χ0n) is 17.5. The lowest BCUT2D eigenvalue weighted by Crippen LogP contribution is -2.18. The molecule has 7 heteroatoms. The number of nitrogens with one attached hydrogen (secondary N) is 1. The van der Waals surface area contributed by atoms with Crippen molar-refractivity contribution in [3.8, 4) is 17.2 Å². The highest BCUT2D eigenvalue weighted by atomic mass is 19.1. The Kier molecular flexibility index (Phi) is 7.68. The summed E-state index contributed by atoms with van der Waals surface area (Å²) in [5.74, 6) is 3.10. The first-order valence-corrected chi connectivity index (χ1v) is 9.97. The summed E-state index contributed by atoms with van der Waals surface area (Å²) >= 11 is 0. The highest BCUT2D eigenvalue weighted by Gasteiger charge is 2.12. The van der Waals surface area contributed by atoms with E-state index in [1.54, 1.807) is 18.3 Å². The molecule has 2 aromatic carbocycles. The summed E-state index contributed by atoms with van der Waals surface area (Å²) in [6.07, 6.45) is 1.71. The van der Waals surface area contributed by atoms with E-state index in [-0.39, 0.29) is 11.9 Å². The van der Waals surface area contributed by atoms with Crippen molar-refractivity contribution in [1.29, 1.82) is 0 Å². The van der Waals surface area contributed by atoms with Crippen LogP contribution >= 0.6 is 0 Å². The summed E-state index contributed by atoms with van der Waals surface area (Å²) in [5, 5.41) is 3.39. The van der Waals surface area contributed by atoms with Crippen molar-refractivity contribution in [1.82, 2.24) is 10.3 Å². The minimum atomic E-state index is -0.292. The van der Waals surface area contributed by atoms with Crippen LogP contribution in [0.2, 0.25) is 0 Å². The number of halogens is 1. The van der Waals surface area contributed by atoms with Gasteiger partial charge < -0.3 is 23.9 Å². The third-order valence-electron chi connectivity index (χ3n) is 4.35. The molecule has 0 saturated carbocycles. The Labute approximate surface area is 176 Å². The minimum Gasteiger partial charge on any atom is -0.490 e. The van der Waals surface area contributed by atoms with Gasteiger partial charge in [0.1, 0.15) is 30.5 Å². The second-order valence-corrected chi connectivity index (χ2v) is 6.78. The van der Waals surface area contributed by atoms with Crippen LogP contribution in [0.4, 0.5) is 4.39 Å². The van der Waals surface area contributed by atoms with Gasteiger partial charge in [0.15, 0.2) is 11.5 Å². The average Bonchev–Trinajstić information content (AvgIpc) is 3.18. The molecule has 0 radical (unpaired) electrons. The van der Waals surface area contributed by atoms with Crippen LogP contribution in [0.15, 0.2) is 53.1 Å². The van der Waals surface area contributed by atoms with E-state index in [9.17, 15) is 4.39 Å². The molecule has 0 spiro atoms. The number of nitrogens with zero attached hydrogens (tertiary/aromatic N) is 1. The lowest BCUT2D eigenvalue weighted by Gasteiger charge is -2.15. The summed E-state index contributed by atoms with van der Waals surface area (Å²) in [6, 6.07) is 11.7. The molecule has 0 aliphatic rings. The van der Waals surface area contributed by atoms with Crippen LogP contribution in [0.5, 0.6) is 17.2 Å². The molecule has 0 bridgehead atoms. The maximum absolute atomic E-state index is 12.9. The van der Waals surface area contributed by atoms with Gasteiger partial charge in [-0.2, -0.15) is 0 Å². The Bertz CT molecular complexity index is 927. The van der Waals surface area contributed by atoms with Crippen molar-refractivity contribution in [3.05, 3.63) is 71.7 Å². The lowest BCUT2D eigenvalue weighted by atomic mass is 10.2. The molecule has 3 aromatic rings. The number of ether oxygens (including phenoxy) is 3. The first-order valence-electron chi connectivity index (χ1n) is 9.97. The molecule has 160 valence electrons. The van der Waals surface area contributed by atoms with E-state index in [4.69, 9.17) is 18.6 Å². The Hall–Kier alpha value is -3.06. The molecule has 0 fully saturated rings. The predicted molar refractivity (Wildman–Crippen MR) is 111 cm³/mol. The first kappa shape index (κ1) is 21.6. The molecular formula is C23H27FN2O4. The quantitative estimate of drug-likeness (QED) is 0.454. The maximum Gasteiger partial charge on any atom is 0.211 e. The second-order valence-electron chi connectivity index (χ2n) is 6.78. The van der Waals surface area contributed by atoms with E-state index in [1.165, 1.54) is 12.1 Å². The van der Waals surface area contributed by atoms with E-state index < -0.39 is 0 Å². The molecule has 0 saturated heterocycles. The molecule has 1 unspecified atom stereocenters. The Morgan fingerprint density at radius 3 is 2.50 bits per heavy atom. The van der Waals surface area contributed by atoms with Gasteiger partial charge in [-0.25, -0.2) is 9.37 Å². The van der Waals surface area contributed by atoms with Crippen LogP contribution in [0.1, 0.15) is 37.1 Å². The molecular weight excluding hydrogens is 387 g/mol. The van der Waals surface area contributed by atoms with Crippen molar-refractivity contribution in [3.63, 3.8) is 0 Å². The monoisotopic (exact) mass is 414 g/mol. The van der Waals surface area contributed by atoms with Gasteiger partial charge in [-0.3, -0.25) is 0 Å². The summed E-state index contributed by atoms with van der Waals surface area (Å²) in [5.41, 5.74) is 1.06. The highest BCUT2D eigenvalue weighted by molar-refractivity contribution is 5.43. The van der Waals surface area contributed by atoms with Crippen LogP contribution in [-0.4, -0.2) is 24.8 Å². The zero-order chi connectivity index (χ0) is 21.3. The molecule has 30 heavy (non-hydrogen) atoms. The number of hydrogen-bond acceptors (Lipinski definition) is 6. The second kappa shape index (κ2) is 10.6. The van der Waals surface area contributed by atoms with E-state index in [0.29, 0.717) is 49.5 Å². The van der Waals surface area contributed by atoms with Crippen molar-refractivity contribution in [2.24, 2.45) is 0 Å². The summed E-state index contributed by atoms with van der Waals surface area (Å²) < 4.78 is 35.6. The summed E-state index contributed by atoms with van der Waals surface area (Å²) in [7, 11) is 0. The normalized spacial score (nSPS) is 11.9. The van der Waals surface area contributed by atoms with Crippen LogP contribution in [0.3, 0.4) is 0 Å². The van der Waals surface area contributed by atoms with Crippen molar-refractivity contribution < 1.29 is 23.0 Å². The number of aryl methyl sites for hydroxylation is 1. The Morgan fingerprint density at radius 2 is 1.80 bits per heavy atom. The van der Waals surface area contributed by atoms with Gasteiger partial charge in [-0.1, -0.05) is 6.07 Å². The molecule has 3 rings (SSSR count). The fourth-order valence-corrected chi connectivity index (χ4v) is 2.82. The van der Waals surface area contributed by atoms with Gasteiger partial charge >= 0.3 is 0 Å². The summed E-state index contributed by atoms with van der Waals surface area (Å²) in [4.78, 5) is 4.25. The molecule has 0 aliphatic heterocycles. The highest BCUT2D eigenvalue weighted by Crippen LogP contribution is 2.29. The fraction of sp³-hybridized carbons (Fsp3) is 0.348. The van der Waals surface area contributed by atoms with Gasteiger partial charge in [-0.05, 0) is 62.7 Å². The molecule has 1 atom stereocenters. The van der Waals surface area contributed by atoms with Crippen LogP contribution in [0, 0.1) is 12.7 Å². The fourth-order valence-electron chi connectivity index (χ4n) is 2.82. The number of oxazole rings is 1. The lowest BCUT2D eigenvalue weighted by molar-refractivity contribution is 0.208. The van der Waals surface area contributed by atoms with Gasteiger partial charge in [0, 0.05) is 6.54 Å². The summed E-state index contributed by atoms with van der Waals surface area (Å²) in [6.45, 7) is 7.67. The van der Waals surface area contributed by atoms with Crippen molar-refractivity contribution in [2.75, 3.05) is 19.8 Å². The molecule has 0 amide bonds. The van der Waals surface area contributed by atoms with Gasteiger partial charge in [0.2, 0.25) is 5.89 Å². The maximum atomic E-state index is 12.9. The van der Waals surface area contributed by atoms with Gasteiger partial charge in [-0.15, -0.1) is 0 Å². The number of benzene rings is 2. The molecule has 0 aliphatic carbocycles. The van der Waals surface area contributed by atoms with Crippen molar-refractivity contribution in [2.45, 2.75) is 33.4 Å². The first-order chi connectivity index (χ1) is 14.5. The van der Waals surface area contributed by atoms with Crippen molar-refractivity contribution >= 4 is 0 Å². The van der Waals surface area contributed by atoms with Gasteiger partial charge in [0.25, 0.3) is 0 Å². The molecule has 6 nitrogen and oxygen atoms in total. The minimum absolute atomic E-state index is 0.00576. The number of hydrogen-bond donors (Lipinski definition) is 1. The SMILES string of the molecule is CCOc1cc(CNC(C)c2ncc(C)o2)ccc1OCCOc1ccc(F)cc1. The van der Waals surface area contributed by atoms with Crippen LogP contribution in [0.25, 0.3) is 0 Å². The number of rotatable bonds is 11. The largest absolute Gasteiger partial charge is 0.490 e. The molecule has 1 aromatic heterocycles. The average molecular weight is 414 g/mol. The van der Waals surface area contributed by atoms with E-state index in [2.05, 4.69) is 10.3 Å². The third kappa shape index (κ3) is 6.22. The van der Waals surface area contributed by atoms with Gasteiger partial charge in [0.05, 0.1) is 18.8 Å². The Morgan fingerprint density at radius 1 is 1.03 bits per heavy atom. The number of aromatic nitrogens is 1. The van der Waals surface area contributed by atoms with E-state index in [1.807, 2.05) is 39.0 Å². The predicted octanol–water partition coefficient (Wildman–Crippen LogP) is 4.83. The standard InChI is InChI=1S/C23H27FN2O4/c1-4-27-22-13-18(15-25-17(3)23-26-14-16(2)30-23)5-10-21(22)29-12-11-28-20-8-6-19(24)7-9-20/h5-10,13-14,17,25H,4,11-12,15H2,1-3H3. The smallest absolute Gasteiger partial charge is 0.211 e. The Balaban J connectivity index is 1.52. The molecule has 1 N–H and O–H groups in total. The van der Waals surface area contributed by atoms with E-state index >= 15 is 0 Å². The molecule has 1 heterocycles. The van der Waals surface area contributed by atoms with E-state index in [0.717, 1.165) is 11.3 Å². The van der Waals surface area contributed by atoms with Crippen LogP contribution < -0.4 is 19.5 Å². The van der Waals surface area contributed by atoms with Crippen LogP contribution in [-0.2, 0) is 6.54 Å². The topological polar surface area (TPSA) is 65.8 Å². The third-order valence-corrected chi connectivity index (χ3v) is 4.35. The zero-order valence-corrected chi connectivity index (χ0v) is 17.5.